The number of carbonyl (C=O) groups is 1. The van der Waals surface area contributed by atoms with E-state index in [1.54, 1.807) is 26.0 Å². The molecular weight excluding hydrogens is 411 g/mol. The van der Waals surface area contributed by atoms with Crippen LogP contribution < -0.4 is 5.32 Å². The molecule has 1 N–H and O–H groups in total. The Morgan fingerprint density at radius 2 is 1.90 bits per heavy atom. The number of hydrogen-bond acceptors (Lipinski definition) is 8. The van der Waals surface area contributed by atoms with Gasteiger partial charge in [-0.3, -0.25) is 14.7 Å². The minimum Gasteiger partial charge on any atom is -0.466 e. The van der Waals surface area contributed by atoms with Gasteiger partial charge in [0.25, 0.3) is 5.69 Å². The number of para-hydroxylation sites is 1. The normalized spacial score (nSPS) is 26.9. The van der Waals surface area contributed by atoms with Crippen LogP contribution in [-0.2, 0) is 23.1 Å². The fourth-order valence-electron chi connectivity index (χ4n) is 3.79. The average molecular weight is 436 g/mol. The van der Waals surface area contributed by atoms with Crippen molar-refractivity contribution >= 4 is 19.3 Å². The summed E-state index contributed by atoms with van der Waals surface area (Å²) < 4.78 is 30.2. The molecule has 162 valence electrons. The van der Waals surface area contributed by atoms with Crippen molar-refractivity contribution in [2.75, 3.05) is 20.3 Å². The van der Waals surface area contributed by atoms with Crippen molar-refractivity contribution in [3.05, 3.63) is 62.2 Å². The van der Waals surface area contributed by atoms with E-state index in [0.717, 1.165) is 6.42 Å². The monoisotopic (exact) mass is 436 g/mol. The lowest BCUT2D eigenvalue weighted by Crippen LogP contribution is -2.31. The molecule has 1 aromatic carbocycles. The van der Waals surface area contributed by atoms with Crippen molar-refractivity contribution in [2.24, 2.45) is 5.92 Å². The van der Waals surface area contributed by atoms with Crippen LogP contribution in [0.1, 0.15) is 38.7 Å². The number of ether oxygens (including phenoxy) is 1. The first-order chi connectivity index (χ1) is 14.2. The van der Waals surface area contributed by atoms with Gasteiger partial charge in [0.2, 0.25) is 0 Å². The van der Waals surface area contributed by atoms with Crippen LogP contribution in [0, 0.1) is 16.0 Å². The molecule has 0 aromatic heterocycles. The molecule has 1 fully saturated rings. The SMILES string of the molecule is CCC1COP(=O)(C2=C(C)NC(C)=C(C(=O)OC)C2c2ccccc2[N+](=O)[O-])OC1. The van der Waals surface area contributed by atoms with Crippen LogP contribution in [0.2, 0.25) is 0 Å². The van der Waals surface area contributed by atoms with Crippen LogP contribution in [0.15, 0.2) is 46.5 Å². The number of carbonyl (C=O) groups excluding carboxylic acids is 1. The molecule has 1 atom stereocenters. The van der Waals surface area contributed by atoms with Gasteiger partial charge in [-0.15, -0.1) is 0 Å². The zero-order valence-corrected chi connectivity index (χ0v) is 18.2. The van der Waals surface area contributed by atoms with Gasteiger partial charge in [0, 0.05) is 28.9 Å². The summed E-state index contributed by atoms with van der Waals surface area (Å²) in [5.41, 5.74) is 1.09. The number of nitrogens with one attached hydrogen (secondary N) is 1. The molecule has 10 heteroatoms. The standard InChI is InChI=1S/C20H25N2O7P/c1-5-14-10-28-30(26,29-11-14)19-13(3)21-12(2)17(20(23)27-4)18(19)15-8-6-7-9-16(15)22(24)25/h6-9,14,18,21H,5,10-11H2,1-4H3. The Morgan fingerprint density at radius 3 is 2.47 bits per heavy atom. The molecule has 3 rings (SSSR count). The van der Waals surface area contributed by atoms with Crippen molar-refractivity contribution in [1.82, 2.24) is 5.32 Å². The van der Waals surface area contributed by atoms with Crippen molar-refractivity contribution in [2.45, 2.75) is 33.1 Å². The summed E-state index contributed by atoms with van der Waals surface area (Å²) in [4.78, 5) is 23.9. The number of benzene rings is 1. The van der Waals surface area contributed by atoms with Crippen molar-refractivity contribution in [3.63, 3.8) is 0 Å². The van der Waals surface area contributed by atoms with E-state index < -0.39 is 24.4 Å². The number of rotatable bonds is 5. The molecule has 0 spiro atoms. The molecule has 0 amide bonds. The van der Waals surface area contributed by atoms with E-state index in [0.29, 0.717) is 11.4 Å². The number of dihydropyridines is 1. The lowest BCUT2D eigenvalue weighted by molar-refractivity contribution is -0.385. The second-order valence-electron chi connectivity index (χ2n) is 7.28. The van der Waals surface area contributed by atoms with E-state index >= 15 is 0 Å². The van der Waals surface area contributed by atoms with Crippen molar-refractivity contribution < 1.29 is 28.1 Å². The summed E-state index contributed by atoms with van der Waals surface area (Å²) in [5.74, 6) is -1.58. The molecule has 2 aliphatic heterocycles. The molecule has 0 aliphatic carbocycles. The van der Waals surface area contributed by atoms with E-state index in [-0.39, 0.29) is 41.3 Å². The number of esters is 1. The van der Waals surface area contributed by atoms with E-state index in [1.807, 2.05) is 6.92 Å². The van der Waals surface area contributed by atoms with Crippen LogP contribution in [0.5, 0.6) is 0 Å². The first-order valence-corrected chi connectivity index (χ1v) is 11.2. The van der Waals surface area contributed by atoms with Crippen LogP contribution >= 0.6 is 7.60 Å². The van der Waals surface area contributed by atoms with Crippen LogP contribution in [-0.4, -0.2) is 31.2 Å². The number of methoxy groups -OCH3 is 1. The molecule has 1 saturated heterocycles. The first kappa shape index (κ1) is 22.2. The molecule has 30 heavy (non-hydrogen) atoms. The third kappa shape index (κ3) is 3.93. The van der Waals surface area contributed by atoms with E-state index in [2.05, 4.69) is 5.32 Å². The van der Waals surface area contributed by atoms with Gasteiger partial charge < -0.3 is 19.1 Å². The summed E-state index contributed by atoms with van der Waals surface area (Å²) in [6.45, 7) is 5.82. The number of nitro groups is 1. The van der Waals surface area contributed by atoms with Crippen molar-refractivity contribution in [3.8, 4) is 0 Å². The fourth-order valence-corrected chi connectivity index (χ4v) is 6.01. The van der Waals surface area contributed by atoms with Gasteiger partial charge in [0.15, 0.2) is 0 Å². The number of allylic oxidation sites excluding steroid dienone is 3. The third-order valence-corrected chi connectivity index (χ3v) is 7.57. The summed E-state index contributed by atoms with van der Waals surface area (Å²) in [6, 6.07) is 6.06. The predicted molar refractivity (Wildman–Crippen MR) is 110 cm³/mol. The van der Waals surface area contributed by atoms with Crippen molar-refractivity contribution in [1.29, 1.82) is 0 Å². The molecule has 2 heterocycles. The minimum absolute atomic E-state index is 0.103. The molecule has 9 nitrogen and oxygen atoms in total. The van der Waals surface area contributed by atoms with Gasteiger partial charge in [-0.1, -0.05) is 25.1 Å². The van der Waals surface area contributed by atoms with E-state index in [4.69, 9.17) is 13.8 Å². The summed E-state index contributed by atoms with van der Waals surface area (Å²) in [7, 11) is -2.60. The molecule has 2 aliphatic rings. The second kappa shape index (κ2) is 8.71. The summed E-state index contributed by atoms with van der Waals surface area (Å²) in [6.07, 6.45) is 0.802. The molecule has 0 bridgehead atoms. The molecule has 1 unspecified atom stereocenters. The van der Waals surface area contributed by atoms with E-state index in [9.17, 15) is 19.5 Å². The highest BCUT2D eigenvalue weighted by atomic mass is 31.2. The van der Waals surface area contributed by atoms with Gasteiger partial charge in [0.1, 0.15) is 0 Å². The molecule has 0 radical (unpaired) electrons. The summed E-state index contributed by atoms with van der Waals surface area (Å²) >= 11 is 0. The Kier molecular flexibility index (Phi) is 6.45. The Hall–Kier alpha value is -2.48. The van der Waals surface area contributed by atoms with Crippen LogP contribution in [0.25, 0.3) is 0 Å². The second-order valence-corrected chi connectivity index (χ2v) is 9.27. The lowest BCUT2D eigenvalue weighted by atomic mass is 9.85. The van der Waals surface area contributed by atoms with Crippen LogP contribution in [0.4, 0.5) is 5.69 Å². The maximum Gasteiger partial charge on any atom is 0.360 e. The van der Waals surface area contributed by atoms with Gasteiger partial charge in [-0.05, 0) is 20.3 Å². The Bertz CT molecular complexity index is 973. The average Bonchev–Trinajstić information content (AvgIpc) is 2.73. The lowest BCUT2D eigenvalue weighted by Gasteiger charge is -2.37. The third-order valence-electron chi connectivity index (χ3n) is 5.41. The molecular formula is C20H25N2O7P. The van der Waals surface area contributed by atoms with Gasteiger partial charge in [0.05, 0.1) is 42.1 Å². The minimum atomic E-state index is -3.83. The topological polar surface area (TPSA) is 117 Å². The largest absolute Gasteiger partial charge is 0.466 e. The highest BCUT2D eigenvalue weighted by Gasteiger charge is 2.48. The predicted octanol–water partition coefficient (Wildman–Crippen LogP) is 4.23. The maximum atomic E-state index is 13.8. The molecule has 1 aromatic rings. The fraction of sp³-hybridized carbons (Fsp3) is 0.450. The Balaban J connectivity index is 2.22. The zero-order valence-electron chi connectivity index (χ0n) is 17.3. The van der Waals surface area contributed by atoms with Gasteiger partial charge >= 0.3 is 13.6 Å². The van der Waals surface area contributed by atoms with Gasteiger partial charge in [-0.25, -0.2) is 4.79 Å². The highest BCUT2D eigenvalue weighted by molar-refractivity contribution is 7.58. The zero-order chi connectivity index (χ0) is 22.1. The maximum absolute atomic E-state index is 13.8. The van der Waals surface area contributed by atoms with Crippen LogP contribution in [0.3, 0.4) is 0 Å². The smallest absolute Gasteiger partial charge is 0.360 e. The first-order valence-electron chi connectivity index (χ1n) is 9.63. The Labute approximate surface area is 174 Å². The van der Waals surface area contributed by atoms with Gasteiger partial charge in [-0.2, -0.15) is 0 Å². The number of nitro benzene ring substituents is 1. The van der Waals surface area contributed by atoms with E-state index in [1.165, 1.54) is 19.2 Å². The quantitative estimate of drug-likeness (QED) is 0.315. The molecule has 0 saturated carbocycles. The number of hydrogen-bond donors (Lipinski definition) is 1. The Morgan fingerprint density at radius 1 is 1.27 bits per heavy atom. The number of nitrogens with zero attached hydrogens (tertiary/aromatic N) is 1. The summed E-state index contributed by atoms with van der Waals surface area (Å²) in [5, 5.41) is 15.0. The highest BCUT2D eigenvalue weighted by Crippen LogP contribution is 2.66.